The van der Waals surface area contributed by atoms with Crippen molar-refractivity contribution in [2.24, 2.45) is 13.0 Å². The highest BCUT2D eigenvalue weighted by atomic mass is 19.1. The van der Waals surface area contributed by atoms with Crippen LogP contribution in [-0.4, -0.2) is 40.2 Å². The SMILES string of the molecule is Cc1c(F)[c]c(N2CCN[C@@H](C3CC3)C2)cc1Oc1cnc2c(c1)ncn2C. The van der Waals surface area contributed by atoms with Crippen molar-refractivity contribution in [1.29, 1.82) is 0 Å². The van der Waals surface area contributed by atoms with E-state index in [1.165, 1.54) is 12.8 Å². The van der Waals surface area contributed by atoms with Crippen molar-refractivity contribution >= 4 is 16.9 Å². The van der Waals surface area contributed by atoms with E-state index in [1.54, 1.807) is 19.4 Å². The summed E-state index contributed by atoms with van der Waals surface area (Å²) in [4.78, 5) is 10.9. The van der Waals surface area contributed by atoms with Crippen molar-refractivity contribution in [3.63, 3.8) is 0 Å². The van der Waals surface area contributed by atoms with Crippen LogP contribution in [-0.2, 0) is 7.05 Å². The second kappa shape index (κ2) is 6.74. The lowest BCUT2D eigenvalue weighted by atomic mass is 10.1. The first-order valence-corrected chi connectivity index (χ1v) is 9.74. The zero-order valence-corrected chi connectivity index (χ0v) is 16.1. The van der Waals surface area contributed by atoms with Gasteiger partial charge in [0.05, 0.1) is 18.2 Å². The van der Waals surface area contributed by atoms with E-state index in [1.807, 2.05) is 23.7 Å². The fourth-order valence-electron chi connectivity index (χ4n) is 3.85. The Balaban J connectivity index is 1.43. The molecule has 28 heavy (non-hydrogen) atoms. The number of rotatable bonds is 4. The zero-order chi connectivity index (χ0) is 19.3. The van der Waals surface area contributed by atoms with Gasteiger partial charge in [-0.05, 0) is 25.7 Å². The minimum atomic E-state index is -0.374. The molecule has 1 aromatic carbocycles. The summed E-state index contributed by atoms with van der Waals surface area (Å²) in [7, 11) is 1.89. The van der Waals surface area contributed by atoms with E-state index in [0.29, 0.717) is 23.1 Å². The van der Waals surface area contributed by atoms with Gasteiger partial charge >= 0.3 is 0 Å². The van der Waals surface area contributed by atoms with Gasteiger partial charge in [-0.25, -0.2) is 14.4 Å². The summed E-state index contributed by atoms with van der Waals surface area (Å²) in [6.45, 7) is 4.33. The number of nitrogens with one attached hydrogen (secondary N) is 1. The number of halogens is 1. The van der Waals surface area contributed by atoms with Crippen molar-refractivity contribution in [3.8, 4) is 11.5 Å². The number of piperazine rings is 1. The first kappa shape index (κ1) is 17.4. The molecule has 0 unspecified atom stereocenters. The Morgan fingerprint density at radius 1 is 1.29 bits per heavy atom. The molecule has 1 saturated heterocycles. The second-order valence-electron chi connectivity index (χ2n) is 7.77. The van der Waals surface area contributed by atoms with Crippen LogP contribution in [0.25, 0.3) is 11.2 Å². The van der Waals surface area contributed by atoms with Gasteiger partial charge in [-0.15, -0.1) is 0 Å². The monoisotopic (exact) mass is 380 g/mol. The smallest absolute Gasteiger partial charge is 0.159 e. The van der Waals surface area contributed by atoms with Gasteiger partial charge in [0.1, 0.15) is 22.8 Å². The predicted octanol–water partition coefficient (Wildman–Crippen LogP) is 3.20. The maximum Gasteiger partial charge on any atom is 0.159 e. The second-order valence-corrected chi connectivity index (χ2v) is 7.77. The van der Waals surface area contributed by atoms with Gasteiger partial charge in [-0.1, -0.05) is 0 Å². The third-order valence-corrected chi connectivity index (χ3v) is 5.70. The van der Waals surface area contributed by atoms with E-state index in [4.69, 9.17) is 4.74 Å². The van der Waals surface area contributed by atoms with E-state index in [-0.39, 0.29) is 5.82 Å². The molecule has 1 aliphatic carbocycles. The Kier molecular flexibility index (Phi) is 4.19. The fourth-order valence-corrected chi connectivity index (χ4v) is 3.85. The number of pyridine rings is 1. The molecule has 0 amide bonds. The highest BCUT2D eigenvalue weighted by Gasteiger charge is 2.34. The summed E-state index contributed by atoms with van der Waals surface area (Å²) in [6.07, 6.45) is 5.93. The number of fused-ring (bicyclic) bond motifs is 1. The van der Waals surface area contributed by atoms with E-state index < -0.39 is 0 Å². The number of benzene rings is 1. The summed E-state index contributed by atoms with van der Waals surface area (Å²) < 4.78 is 22.5. The lowest BCUT2D eigenvalue weighted by Crippen LogP contribution is -2.51. The van der Waals surface area contributed by atoms with Crippen LogP contribution in [0.15, 0.2) is 24.7 Å². The Hall–Kier alpha value is -2.67. The van der Waals surface area contributed by atoms with Crippen LogP contribution in [0.3, 0.4) is 0 Å². The van der Waals surface area contributed by atoms with Gasteiger partial charge in [0, 0.05) is 56.5 Å². The quantitative estimate of drug-likeness (QED) is 0.753. The average Bonchev–Trinajstić information content (AvgIpc) is 3.49. The Morgan fingerprint density at radius 2 is 2.14 bits per heavy atom. The summed E-state index contributed by atoms with van der Waals surface area (Å²) >= 11 is 0. The van der Waals surface area contributed by atoms with Crippen LogP contribution in [0.2, 0.25) is 0 Å². The average molecular weight is 380 g/mol. The van der Waals surface area contributed by atoms with E-state index in [0.717, 1.165) is 42.4 Å². The van der Waals surface area contributed by atoms with Gasteiger partial charge in [-0.3, -0.25) is 0 Å². The van der Waals surface area contributed by atoms with Crippen molar-refractivity contribution < 1.29 is 9.13 Å². The minimum Gasteiger partial charge on any atom is -0.455 e. The molecule has 6 nitrogen and oxygen atoms in total. The number of ether oxygens (including phenoxy) is 1. The molecule has 2 aromatic heterocycles. The molecule has 2 fully saturated rings. The Labute approximate surface area is 163 Å². The van der Waals surface area contributed by atoms with Gasteiger partial charge in [0.2, 0.25) is 0 Å². The van der Waals surface area contributed by atoms with Crippen LogP contribution in [0.5, 0.6) is 11.5 Å². The van der Waals surface area contributed by atoms with Crippen molar-refractivity contribution in [1.82, 2.24) is 19.9 Å². The van der Waals surface area contributed by atoms with Crippen LogP contribution in [0, 0.1) is 24.7 Å². The van der Waals surface area contributed by atoms with Crippen LogP contribution in [0.4, 0.5) is 10.1 Å². The number of aromatic nitrogens is 3. The first-order valence-electron chi connectivity index (χ1n) is 9.74. The number of hydrogen-bond donors (Lipinski definition) is 1. The fraction of sp³-hybridized carbons (Fsp3) is 0.429. The topological polar surface area (TPSA) is 55.2 Å². The minimum absolute atomic E-state index is 0.374. The van der Waals surface area contributed by atoms with Crippen LogP contribution >= 0.6 is 0 Å². The normalized spacial score (nSPS) is 20.0. The highest BCUT2D eigenvalue weighted by molar-refractivity contribution is 5.72. The summed E-state index contributed by atoms with van der Waals surface area (Å²) in [6, 6.07) is 7.09. The molecule has 2 aliphatic rings. The van der Waals surface area contributed by atoms with Crippen LogP contribution < -0.4 is 15.0 Å². The summed E-state index contributed by atoms with van der Waals surface area (Å²) in [5.74, 6) is 1.41. The largest absolute Gasteiger partial charge is 0.455 e. The number of nitrogens with zero attached hydrogens (tertiary/aromatic N) is 4. The van der Waals surface area contributed by atoms with Gasteiger partial charge in [0.25, 0.3) is 0 Å². The molecule has 7 heteroatoms. The molecule has 5 rings (SSSR count). The number of anilines is 1. The summed E-state index contributed by atoms with van der Waals surface area (Å²) in [5.41, 5.74) is 2.72. The van der Waals surface area contributed by atoms with Gasteiger partial charge in [-0.2, -0.15) is 0 Å². The number of imidazole rings is 1. The molecule has 1 atom stereocenters. The zero-order valence-electron chi connectivity index (χ0n) is 16.1. The maximum atomic E-state index is 14.6. The molecule has 1 saturated carbocycles. The lowest BCUT2D eigenvalue weighted by Gasteiger charge is -2.35. The molecule has 145 valence electrons. The van der Waals surface area contributed by atoms with E-state index in [2.05, 4.69) is 26.3 Å². The Morgan fingerprint density at radius 3 is 2.96 bits per heavy atom. The van der Waals surface area contributed by atoms with Crippen molar-refractivity contribution in [2.75, 3.05) is 24.5 Å². The van der Waals surface area contributed by atoms with Crippen molar-refractivity contribution in [2.45, 2.75) is 25.8 Å². The van der Waals surface area contributed by atoms with E-state index in [9.17, 15) is 4.39 Å². The summed E-state index contributed by atoms with van der Waals surface area (Å²) in [5, 5.41) is 3.58. The van der Waals surface area contributed by atoms with Gasteiger partial charge in [0.15, 0.2) is 5.65 Å². The molecule has 1 N–H and O–H groups in total. The standard InChI is InChI=1S/C21H23FN5O/c1-13-17(22)7-15(27-6-5-23-19(11-27)14-3-4-14)8-20(13)28-16-9-18-21(24-10-16)26(2)12-25-18/h8-10,12,14,19,23H,3-6,11H2,1-2H3/t19-/m1/s1. The van der Waals surface area contributed by atoms with Crippen molar-refractivity contribution in [3.05, 3.63) is 42.1 Å². The number of aryl methyl sites for hydroxylation is 1. The predicted molar refractivity (Wildman–Crippen MR) is 105 cm³/mol. The highest BCUT2D eigenvalue weighted by Crippen LogP contribution is 2.36. The van der Waals surface area contributed by atoms with Crippen LogP contribution in [0.1, 0.15) is 18.4 Å². The molecule has 1 radical (unpaired) electrons. The third-order valence-electron chi connectivity index (χ3n) is 5.70. The molecule has 1 aliphatic heterocycles. The molecular weight excluding hydrogens is 357 g/mol. The Bertz CT molecular complexity index is 1030. The molecule has 3 heterocycles. The first-order chi connectivity index (χ1) is 13.6. The lowest BCUT2D eigenvalue weighted by molar-refractivity contribution is 0.417. The van der Waals surface area contributed by atoms with Gasteiger partial charge < -0.3 is 19.5 Å². The maximum absolute atomic E-state index is 14.6. The van der Waals surface area contributed by atoms with E-state index >= 15 is 0 Å². The molecule has 3 aromatic rings. The molecule has 0 bridgehead atoms. The third kappa shape index (κ3) is 3.20. The molecule has 0 spiro atoms. The molecular formula is C21H23FN5O. The number of hydrogen-bond acceptors (Lipinski definition) is 5.